The van der Waals surface area contributed by atoms with Gasteiger partial charge in [0.1, 0.15) is 11.4 Å². The zero-order valence-corrected chi connectivity index (χ0v) is 11.3. The Morgan fingerprint density at radius 3 is 2.58 bits per heavy atom. The van der Waals surface area contributed by atoms with Crippen LogP contribution in [0.2, 0.25) is 5.02 Å². The summed E-state index contributed by atoms with van der Waals surface area (Å²) in [5.41, 5.74) is 0.199. The molecule has 19 heavy (non-hydrogen) atoms. The van der Waals surface area contributed by atoms with Crippen molar-refractivity contribution in [1.82, 2.24) is 0 Å². The SMILES string of the molecule is CC(O)(CNc1cc(F)ccc1Cl)c1ccccc1. The number of hydrogen-bond acceptors (Lipinski definition) is 2. The molecule has 0 aromatic heterocycles. The molecule has 2 nitrogen and oxygen atoms in total. The Labute approximate surface area is 116 Å². The van der Waals surface area contributed by atoms with Crippen molar-refractivity contribution in [2.75, 3.05) is 11.9 Å². The van der Waals surface area contributed by atoms with Gasteiger partial charge in [-0.25, -0.2) is 4.39 Å². The van der Waals surface area contributed by atoms with Gasteiger partial charge in [-0.15, -0.1) is 0 Å². The highest BCUT2D eigenvalue weighted by atomic mass is 35.5. The van der Waals surface area contributed by atoms with Crippen LogP contribution in [0.25, 0.3) is 0 Å². The zero-order valence-electron chi connectivity index (χ0n) is 10.5. The summed E-state index contributed by atoms with van der Waals surface area (Å²) in [7, 11) is 0. The molecular formula is C15H15ClFNO. The van der Waals surface area contributed by atoms with E-state index in [1.165, 1.54) is 18.2 Å². The smallest absolute Gasteiger partial charge is 0.125 e. The first-order valence-electron chi connectivity index (χ1n) is 5.96. The highest BCUT2D eigenvalue weighted by molar-refractivity contribution is 6.33. The molecule has 0 amide bonds. The Balaban J connectivity index is 2.12. The molecule has 0 spiro atoms. The molecule has 2 aromatic carbocycles. The fourth-order valence-electron chi connectivity index (χ4n) is 1.80. The second-order valence-corrected chi connectivity index (χ2v) is 5.02. The van der Waals surface area contributed by atoms with Crippen LogP contribution in [-0.4, -0.2) is 11.7 Å². The lowest BCUT2D eigenvalue weighted by atomic mass is 9.96. The van der Waals surface area contributed by atoms with E-state index in [2.05, 4.69) is 5.32 Å². The van der Waals surface area contributed by atoms with E-state index in [0.717, 1.165) is 5.56 Å². The highest BCUT2D eigenvalue weighted by Crippen LogP contribution is 2.25. The molecule has 0 radical (unpaired) electrons. The van der Waals surface area contributed by atoms with Gasteiger partial charge in [0.2, 0.25) is 0 Å². The van der Waals surface area contributed by atoms with Crippen LogP contribution in [0.15, 0.2) is 48.5 Å². The molecule has 2 N–H and O–H groups in total. The number of hydrogen-bond donors (Lipinski definition) is 2. The van der Waals surface area contributed by atoms with E-state index in [4.69, 9.17) is 11.6 Å². The van der Waals surface area contributed by atoms with Crippen molar-refractivity contribution < 1.29 is 9.50 Å². The predicted octanol–water partition coefficient (Wildman–Crippen LogP) is 3.80. The molecular weight excluding hydrogens is 265 g/mol. The van der Waals surface area contributed by atoms with Crippen LogP contribution in [-0.2, 0) is 5.60 Å². The fourth-order valence-corrected chi connectivity index (χ4v) is 1.98. The monoisotopic (exact) mass is 279 g/mol. The maximum Gasteiger partial charge on any atom is 0.125 e. The number of aliphatic hydroxyl groups is 1. The Hall–Kier alpha value is -1.58. The van der Waals surface area contributed by atoms with Crippen molar-refractivity contribution in [1.29, 1.82) is 0 Å². The summed E-state index contributed by atoms with van der Waals surface area (Å²) in [5, 5.41) is 13.8. The van der Waals surface area contributed by atoms with E-state index in [1.54, 1.807) is 6.92 Å². The quantitative estimate of drug-likeness (QED) is 0.892. The third kappa shape index (κ3) is 3.46. The number of anilines is 1. The summed E-state index contributed by atoms with van der Waals surface area (Å²) >= 11 is 5.96. The maximum absolute atomic E-state index is 13.1. The molecule has 2 aromatic rings. The van der Waals surface area contributed by atoms with Gasteiger partial charge in [-0.1, -0.05) is 41.9 Å². The van der Waals surface area contributed by atoms with Gasteiger partial charge in [0.05, 0.1) is 10.7 Å². The normalized spacial score (nSPS) is 13.9. The Morgan fingerprint density at radius 2 is 1.89 bits per heavy atom. The lowest BCUT2D eigenvalue weighted by Crippen LogP contribution is -2.30. The van der Waals surface area contributed by atoms with Crippen LogP contribution in [0.5, 0.6) is 0 Å². The molecule has 0 fully saturated rings. The van der Waals surface area contributed by atoms with E-state index in [-0.39, 0.29) is 12.4 Å². The molecule has 0 aliphatic carbocycles. The second-order valence-electron chi connectivity index (χ2n) is 4.62. The van der Waals surface area contributed by atoms with E-state index < -0.39 is 5.60 Å². The maximum atomic E-state index is 13.1. The average Bonchev–Trinajstić information content (AvgIpc) is 2.41. The van der Waals surface area contributed by atoms with Gasteiger partial charge in [0, 0.05) is 6.54 Å². The molecule has 100 valence electrons. The Kier molecular flexibility index (Phi) is 4.08. The molecule has 0 saturated carbocycles. The lowest BCUT2D eigenvalue weighted by Gasteiger charge is -2.25. The summed E-state index contributed by atoms with van der Waals surface area (Å²) in [6, 6.07) is 13.4. The summed E-state index contributed by atoms with van der Waals surface area (Å²) in [6.45, 7) is 1.93. The van der Waals surface area contributed by atoms with Crippen molar-refractivity contribution in [3.8, 4) is 0 Å². The Morgan fingerprint density at radius 1 is 1.21 bits per heavy atom. The number of benzene rings is 2. The second kappa shape index (κ2) is 5.59. The van der Waals surface area contributed by atoms with Gasteiger partial charge in [0.25, 0.3) is 0 Å². The largest absolute Gasteiger partial charge is 0.384 e. The predicted molar refractivity (Wildman–Crippen MR) is 75.9 cm³/mol. The molecule has 0 aliphatic rings. The minimum atomic E-state index is -1.06. The molecule has 0 heterocycles. The van der Waals surface area contributed by atoms with Crippen molar-refractivity contribution in [2.45, 2.75) is 12.5 Å². The fraction of sp³-hybridized carbons (Fsp3) is 0.200. The third-order valence-electron chi connectivity index (χ3n) is 2.95. The first-order chi connectivity index (χ1) is 8.99. The minimum absolute atomic E-state index is 0.236. The lowest BCUT2D eigenvalue weighted by molar-refractivity contribution is 0.0715. The van der Waals surface area contributed by atoms with Gasteiger partial charge in [0.15, 0.2) is 0 Å². The van der Waals surface area contributed by atoms with E-state index >= 15 is 0 Å². The van der Waals surface area contributed by atoms with E-state index in [1.807, 2.05) is 30.3 Å². The van der Waals surface area contributed by atoms with Crippen LogP contribution in [0.4, 0.5) is 10.1 Å². The topological polar surface area (TPSA) is 32.3 Å². The molecule has 1 atom stereocenters. The minimum Gasteiger partial charge on any atom is -0.384 e. The summed E-state index contributed by atoms with van der Waals surface area (Å²) in [5.74, 6) is -0.369. The zero-order chi connectivity index (χ0) is 13.9. The number of rotatable bonds is 4. The first-order valence-corrected chi connectivity index (χ1v) is 6.34. The van der Waals surface area contributed by atoms with Gasteiger partial charge < -0.3 is 10.4 Å². The van der Waals surface area contributed by atoms with Crippen molar-refractivity contribution in [3.63, 3.8) is 0 Å². The third-order valence-corrected chi connectivity index (χ3v) is 3.28. The summed E-state index contributed by atoms with van der Waals surface area (Å²) in [6.07, 6.45) is 0. The molecule has 0 saturated heterocycles. The van der Waals surface area contributed by atoms with Crippen LogP contribution in [0.3, 0.4) is 0 Å². The van der Waals surface area contributed by atoms with Crippen molar-refractivity contribution >= 4 is 17.3 Å². The number of halogens is 2. The summed E-state index contributed by atoms with van der Waals surface area (Å²) in [4.78, 5) is 0. The van der Waals surface area contributed by atoms with E-state index in [0.29, 0.717) is 10.7 Å². The van der Waals surface area contributed by atoms with Crippen LogP contribution in [0.1, 0.15) is 12.5 Å². The number of nitrogens with one attached hydrogen (secondary N) is 1. The van der Waals surface area contributed by atoms with Crippen LogP contribution >= 0.6 is 11.6 Å². The first kappa shape index (κ1) is 13.8. The van der Waals surface area contributed by atoms with Crippen LogP contribution < -0.4 is 5.32 Å². The summed E-state index contributed by atoms with van der Waals surface area (Å²) < 4.78 is 13.1. The standard InChI is InChI=1S/C15H15ClFNO/c1-15(19,11-5-3-2-4-6-11)10-18-14-9-12(17)7-8-13(14)16/h2-9,18-19H,10H2,1H3. The molecule has 4 heteroatoms. The van der Waals surface area contributed by atoms with Gasteiger partial charge >= 0.3 is 0 Å². The molecule has 1 unspecified atom stereocenters. The van der Waals surface area contributed by atoms with Crippen LogP contribution in [0, 0.1) is 5.82 Å². The molecule has 2 rings (SSSR count). The van der Waals surface area contributed by atoms with Gasteiger partial charge in [-0.3, -0.25) is 0 Å². The Bertz CT molecular complexity index is 557. The van der Waals surface area contributed by atoms with Gasteiger partial charge in [-0.05, 0) is 30.7 Å². The van der Waals surface area contributed by atoms with E-state index in [9.17, 15) is 9.50 Å². The van der Waals surface area contributed by atoms with Gasteiger partial charge in [-0.2, -0.15) is 0 Å². The molecule has 0 aliphatic heterocycles. The van der Waals surface area contributed by atoms with Crippen molar-refractivity contribution in [3.05, 3.63) is 64.9 Å². The highest BCUT2D eigenvalue weighted by Gasteiger charge is 2.22. The molecule has 0 bridgehead atoms. The van der Waals surface area contributed by atoms with Crippen molar-refractivity contribution in [2.24, 2.45) is 0 Å². The average molecular weight is 280 g/mol.